The van der Waals surface area contributed by atoms with Crippen molar-refractivity contribution in [3.05, 3.63) is 63.1 Å². The number of rotatable bonds is 10. The molecule has 162 valence electrons. The van der Waals surface area contributed by atoms with Crippen LogP contribution in [0.15, 0.2) is 42.5 Å². The third kappa shape index (κ3) is 7.38. The summed E-state index contributed by atoms with van der Waals surface area (Å²) in [5.74, 6) is 0.345. The van der Waals surface area contributed by atoms with Gasteiger partial charge in [-0.3, -0.25) is 9.59 Å². The van der Waals surface area contributed by atoms with E-state index >= 15 is 0 Å². The molecule has 0 heterocycles. The number of nitrogens with zero attached hydrogens (tertiary/aromatic N) is 1. The average molecular weight is 472 g/mol. The maximum Gasteiger partial charge on any atom is 0.242 e. The number of carbonyl (C=O) groups excluding carboxylic acids is 2. The van der Waals surface area contributed by atoms with Crippen LogP contribution in [0.4, 0.5) is 0 Å². The van der Waals surface area contributed by atoms with Crippen LogP contribution < -0.4 is 10.1 Å². The smallest absolute Gasteiger partial charge is 0.242 e. The molecule has 0 aliphatic carbocycles. The van der Waals surface area contributed by atoms with Crippen LogP contribution in [0.2, 0.25) is 15.1 Å². The van der Waals surface area contributed by atoms with Crippen molar-refractivity contribution in [2.75, 3.05) is 13.2 Å². The van der Waals surface area contributed by atoms with Gasteiger partial charge in [0.05, 0.1) is 16.7 Å². The van der Waals surface area contributed by atoms with E-state index in [-0.39, 0.29) is 24.8 Å². The Hall–Kier alpha value is -1.95. The molecule has 2 rings (SSSR count). The van der Waals surface area contributed by atoms with Crippen LogP contribution in [0.25, 0.3) is 0 Å². The summed E-state index contributed by atoms with van der Waals surface area (Å²) in [7, 11) is 0. The van der Waals surface area contributed by atoms with Crippen LogP contribution in [0.5, 0.6) is 5.75 Å². The lowest BCUT2D eigenvalue weighted by molar-refractivity contribution is -0.140. The second-order valence-electron chi connectivity index (χ2n) is 6.75. The molecule has 2 aromatic rings. The average Bonchev–Trinajstić information content (AvgIpc) is 2.72. The van der Waals surface area contributed by atoms with E-state index in [1.54, 1.807) is 54.3 Å². The maximum atomic E-state index is 12.9. The highest BCUT2D eigenvalue weighted by atomic mass is 35.5. The van der Waals surface area contributed by atoms with Crippen LogP contribution in [0.1, 0.15) is 32.3 Å². The van der Waals surface area contributed by atoms with Crippen molar-refractivity contribution in [1.29, 1.82) is 0 Å². The van der Waals surface area contributed by atoms with Crippen molar-refractivity contribution >= 4 is 46.6 Å². The maximum absolute atomic E-state index is 12.9. The highest BCUT2D eigenvalue weighted by Gasteiger charge is 2.25. The molecule has 8 heteroatoms. The predicted molar refractivity (Wildman–Crippen MR) is 121 cm³/mol. The molecule has 0 saturated carbocycles. The number of ether oxygens (including phenoxy) is 1. The van der Waals surface area contributed by atoms with Gasteiger partial charge < -0.3 is 15.0 Å². The van der Waals surface area contributed by atoms with Gasteiger partial charge in [-0.05, 0) is 62.2 Å². The van der Waals surface area contributed by atoms with E-state index in [0.717, 1.165) is 5.56 Å². The summed E-state index contributed by atoms with van der Waals surface area (Å²) < 4.78 is 5.64. The topological polar surface area (TPSA) is 58.6 Å². The molecule has 1 unspecified atom stereocenters. The molecule has 0 saturated heterocycles. The summed E-state index contributed by atoms with van der Waals surface area (Å²) in [6, 6.07) is 11.6. The summed E-state index contributed by atoms with van der Waals surface area (Å²) in [4.78, 5) is 26.8. The molecule has 5 nitrogen and oxygen atoms in total. The van der Waals surface area contributed by atoms with E-state index in [0.29, 0.717) is 40.4 Å². The van der Waals surface area contributed by atoms with Gasteiger partial charge in [-0.15, -0.1) is 0 Å². The van der Waals surface area contributed by atoms with Crippen molar-refractivity contribution in [2.24, 2.45) is 0 Å². The van der Waals surface area contributed by atoms with E-state index in [9.17, 15) is 9.59 Å². The monoisotopic (exact) mass is 470 g/mol. The van der Waals surface area contributed by atoms with Crippen molar-refractivity contribution < 1.29 is 14.3 Å². The Balaban J connectivity index is 2.00. The van der Waals surface area contributed by atoms with Gasteiger partial charge in [0.2, 0.25) is 11.8 Å². The molecule has 0 aromatic heterocycles. The standard InChI is InChI=1S/C22H25Cl3N2O3/c1-3-26-22(29)15(2)27(14-16-6-11-19(24)20(25)13-16)21(28)5-4-12-30-18-9-7-17(23)8-10-18/h6-11,13,15H,3-5,12,14H2,1-2H3,(H,26,29). The summed E-state index contributed by atoms with van der Waals surface area (Å²) in [5, 5.41) is 4.24. The Kier molecular flexibility index (Phi) is 9.76. The first-order valence-corrected chi connectivity index (χ1v) is 10.8. The zero-order valence-corrected chi connectivity index (χ0v) is 19.2. The van der Waals surface area contributed by atoms with Crippen LogP contribution >= 0.6 is 34.8 Å². The van der Waals surface area contributed by atoms with Crippen molar-refractivity contribution in [1.82, 2.24) is 10.2 Å². The number of amides is 2. The number of hydrogen-bond donors (Lipinski definition) is 1. The fourth-order valence-corrected chi connectivity index (χ4v) is 3.27. The molecular weight excluding hydrogens is 447 g/mol. The molecule has 2 amide bonds. The molecule has 0 aliphatic rings. The molecule has 0 fully saturated rings. The van der Waals surface area contributed by atoms with E-state index < -0.39 is 6.04 Å². The van der Waals surface area contributed by atoms with E-state index in [1.165, 1.54) is 0 Å². The molecule has 0 spiro atoms. The minimum absolute atomic E-state index is 0.139. The fourth-order valence-electron chi connectivity index (χ4n) is 2.83. The second-order valence-corrected chi connectivity index (χ2v) is 8.00. The third-order valence-corrected chi connectivity index (χ3v) is 5.46. The molecule has 0 radical (unpaired) electrons. The normalized spacial score (nSPS) is 11.6. The number of halogens is 3. The number of likely N-dealkylation sites (N-methyl/N-ethyl adjacent to an activating group) is 1. The lowest BCUT2D eigenvalue weighted by Crippen LogP contribution is -2.47. The minimum Gasteiger partial charge on any atom is -0.494 e. The van der Waals surface area contributed by atoms with E-state index in [4.69, 9.17) is 39.5 Å². The number of hydrogen-bond acceptors (Lipinski definition) is 3. The summed E-state index contributed by atoms with van der Waals surface area (Å²) in [6.07, 6.45) is 0.764. The van der Waals surface area contributed by atoms with Gasteiger partial charge in [-0.25, -0.2) is 0 Å². The zero-order chi connectivity index (χ0) is 22.1. The molecule has 1 atom stereocenters. The summed E-state index contributed by atoms with van der Waals surface area (Å²) in [5.41, 5.74) is 0.798. The number of benzene rings is 2. The molecule has 0 bridgehead atoms. The molecule has 2 aromatic carbocycles. The Morgan fingerprint density at radius 1 is 1.07 bits per heavy atom. The quantitative estimate of drug-likeness (QED) is 0.475. The summed E-state index contributed by atoms with van der Waals surface area (Å²) in [6.45, 7) is 4.68. The first-order valence-electron chi connectivity index (χ1n) is 9.71. The molecule has 1 N–H and O–H groups in total. The summed E-state index contributed by atoms with van der Waals surface area (Å²) >= 11 is 17.9. The van der Waals surface area contributed by atoms with E-state index in [1.807, 2.05) is 6.92 Å². The van der Waals surface area contributed by atoms with Gasteiger partial charge in [-0.2, -0.15) is 0 Å². The van der Waals surface area contributed by atoms with Crippen molar-refractivity contribution in [2.45, 2.75) is 39.3 Å². The van der Waals surface area contributed by atoms with Gasteiger partial charge in [-0.1, -0.05) is 40.9 Å². The van der Waals surface area contributed by atoms with Gasteiger partial charge in [0.15, 0.2) is 0 Å². The van der Waals surface area contributed by atoms with Crippen LogP contribution in [0, 0.1) is 0 Å². The third-order valence-electron chi connectivity index (χ3n) is 4.47. The van der Waals surface area contributed by atoms with E-state index in [2.05, 4.69) is 5.32 Å². The van der Waals surface area contributed by atoms with Gasteiger partial charge in [0.25, 0.3) is 0 Å². The predicted octanol–water partition coefficient (Wildman–Crippen LogP) is 5.36. The fraction of sp³-hybridized carbons (Fsp3) is 0.364. The SMILES string of the molecule is CCNC(=O)C(C)N(Cc1ccc(Cl)c(Cl)c1)C(=O)CCCOc1ccc(Cl)cc1. The van der Waals surface area contributed by atoms with Gasteiger partial charge in [0, 0.05) is 24.5 Å². The Morgan fingerprint density at radius 2 is 1.77 bits per heavy atom. The van der Waals surface area contributed by atoms with Crippen molar-refractivity contribution in [3.8, 4) is 5.75 Å². The second kappa shape index (κ2) is 12.0. The molecular formula is C22H25Cl3N2O3. The highest BCUT2D eigenvalue weighted by Crippen LogP contribution is 2.24. The van der Waals surface area contributed by atoms with Gasteiger partial charge >= 0.3 is 0 Å². The molecule has 30 heavy (non-hydrogen) atoms. The highest BCUT2D eigenvalue weighted by molar-refractivity contribution is 6.42. The van der Waals surface area contributed by atoms with Crippen LogP contribution in [-0.4, -0.2) is 35.9 Å². The largest absolute Gasteiger partial charge is 0.494 e. The number of nitrogens with one attached hydrogen (secondary N) is 1. The molecule has 0 aliphatic heterocycles. The van der Waals surface area contributed by atoms with Gasteiger partial charge in [0.1, 0.15) is 11.8 Å². The Bertz CT molecular complexity index is 859. The van der Waals surface area contributed by atoms with Crippen LogP contribution in [0.3, 0.4) is 0 Å². The Labute approximate surface area is 192 Å². The first-order chi connectivity index (χ1) is 14.3. The lowest BCUT2D eigenvalue weighted by atomic mass is 10.1. The van der Waals surface area contributed by atoms with Crippen molar-refractivity contribution in [3.63, 3.8) is 0 Å². The zero-order valence-electron chi connectivity index (χ0n) is 17.0. The Morgan fingerprint density at radius 3 is 2.40 bits per heavy atom. The lowest BCUT2D eigenvalue weighted by Gasteiger charge is -2.29. The van der Waals surface area contributed by atoms with Crippen LogP contribution in [-0.2, 0) is 16.1 Å². The minimum atomic E-state index is -0.621. The first kappa shape index (κ1) is 24.3. The number of carbonyl (C=O) groups is 2.